The summed E-state index contributed by atoms with van der Waals surface area (Å²) in [6, 6.07) is 11.1. The number of amides is 2. The summed E-state index contributed by atoms with van der Waals surface area (Å²) >= 11 is 0. The molecule has 2 amide bonds. The number of nitrogens with one attached hydrogen (secondary N) is 3. The molecule has 6 rings (SSSR count). The van der Waals surface area contributed by atoms with E-state index in [0.717, 1.165) is 29.7 Å². The van der Waals surface area contributed by atoms with Crippen LogP contribution in [0.25, 0.3) is 22.3 Å². The zero-order valence-electron chi connectivity index (χ0n) is 28.3. The summed E-state index contributed by atoms with van der Waals surface area (Å²) in [5.74, 6) is -0.340. The first kappa shape index (κ1) is 32.6. The second-order valence-corrected chi connectivity index (χ2v) is 14.4. The monoisotopic (exact) mass is 641 g/mol. The summed E-state index contributed by atoms with van der Waals surface area (Å²) in [4.78, 5) is 38.0. The van der Waals surface area contributed by atoms with Crippen LogP contribution in [0.15, 0.2) is 42.7 Å². The zero-order valence-corrected chi connectivity index (χ0v) is 28.3. The lowest BCUT2D eigenvalue weighted by Gasteiger charge is -2.43. The molecule has 1 fully saturated rings. The van der Waals surface area contributed by atoms with Crippen molar-refractivity contribution in [2.45, 2.75) is 90.4 Å². The Morgan fingerprint density at radius 3 is 2.55 bits per heavy atom. The molecule has 2 aromatic heterocycles. The van der Waals surface area contributed by atoms with Crippen LogP contribution in [0, 0.1) is 12.7 Å². The Labute approximate surface area is 274 Å². The summed E-state index contributed by atoms with van der Waals surface area (Å²) in [7, 11) is 1.54. The van der Waals surface area contributed by atoms with Crippen molar-refractivity contribution < 1.29 is 19.1 Å². The van der Waals surface area contributed by atoms with Crippen molar-refractivity contribution >= 4 is 40.0 Å². The van der Waals surface area contributed by atoms with Gasteiger partial charge in [0.2, 0.25) is 5.91 Å². The van der Waals surface area contributed by atoms with Gasteiger partial charge in [0.1, 0.15) is 11.3 Å². The lowest BCUT2D eigenvalue weighted by atomic mass is 9.84. The van der Waals surface area contributed by atoms with Gasteiger partial charge in [0.15, 0.2) is 5.82 Å². The number of pyridine rings is 1. The fourth-order valence-corrected chi connectivity index (χ4v) is 6.63. The minimum Gasteiger partial charge on any atom is -0.389 e. The van der Waals surface area contributed by atoms with Gasteiger partial charge in [-0.3, -0.25) is 9.59 Å². The maximum atomic E-state index is 15.3. The molecule has 1 saturated carbocycles. The first-order valence-corrected chi connectivity index (χ1v) is 16.2. The number of carbonyl (C=O) groups is 2. The Morgan fingerprint density at radius 2 is 1.89 bits per heavy atom. The Hall–Kier alpha value is -4.35. The van der Waals surface area contributed by atoms with Crippen LogP contribution in [0.4, 0.5) is 21.6 Å². The molecule has 0 unspecified atom stereocenters. The first-order valence-electron chi connectivity index (χ1n) is 16.2. The molecule has 0 saturated heterocycles. The molecule has 2 aliphatic rings. The van der Waals surface area contributed by atoms with E-state index in [0.29, 0.717) is 40.2 Å². The number of carbonyl (C=O) groups excluding carboxylic acids is 2. The number of anilines is 3. The quantitative estimate of drug-likeness (QED) is 0.184. The highest BCUT2D eigenvalue weighted by Gasteiger charge is 2.49. The Balaban J connectivity index is 1.40. The Morgan fingerprint density at radius 1 is 1.17 bits per heavy atom. The van der Waals surface area contributed by atoms with E-state index >= 15 is 4.39 Å². The molecule has 4 aromatic rings. The molecule has 11 heteroatoms. The van der Waals surface area contributed by atoms with Gasteiger partial charge in [0.25, 0.3) is 5.91 Å². The van der Waals surface area contributed by atoms with Gasteiger partial charge in [0.05, 0.1) is 34.2 Å². The van der Waals surface area contributed by atoms with Gasteiger partial charge in [-0.1, -0.05) is 12.1 Å². The third-order valence-corrected chi connectivity index (χ3v) is 9.43. The van der Waals surface area contributed by atoms with E-state index in [1.807, 2.05) is 61.4 Å². The van der Waals surface area contributed by atoms with Crippen LogP contribution in [0.2, 0.25) is 0 Å². The average molecular weight is 642 g/mol. The number of aliphatic hydroxyl groups is 1. The summed E-state index contributed by atoms with van der Waals surface area (Å²) in [6.07, 6.45) is 3.34. The number of hydrogen-bond acceptors (Lipinski definition) is 7. The van der Waals surface area contributed by atoms with Crippen molar-refractivity contribution in [3.05, 3.63) is 65.2 Å². The van der Waals surface area contributed by atoms with Gasteiger partial charge in [-0.25, -0.2) is 14.4 Å². The van der Waals surface area contributed by atoms with Gasteiger partial charge in [0, 0.05) is 48.5 Å². The zero-order chi connectivity index (χ0) is 34.0. The van der Waals surface area contributed by atoms with E-state index in [-0.39, 0.29) is 35.6 Å². The molecule has 0 spiro atoms. The van der Waals surface area contributed by atoms with Crippen LogP contribution in [-0.4, -0.2) is 62.7 Å². The molecule has 1 aliphatic carbocycles. The molecule has 0 bridgehead atoms. The molecule has 10 nitrogen and oxygen atoms in total. The molecule has 2 aromatic carbocycles. The maximum Gasteiger partial charge on any atom is 0.251 e. The molecule has 1 aliphatic heterocycles. The Bertz CT molecular complexity index is 1890. The lowest BCUT2D eigenvalue weighted by molar-refractivity contribution is -0.123. The third kappa shape index (κ3) is 5.87. The average Bonchev–Trinajstić information content (AvgIpc) is 3.50. The molecule has 4 N–H and O–H groups in total. The lowest BCUT2D eigenvalue weighted by Crippen LogP contribution is -2.56. The van der Waals surface area contributed by atoms with Gasteiger partial charge in [-0.05, 0) is 96.7 Å². The minimum absolute atomic E-state index is 0.0472. The maximum absolute atomic E-state index is 15.3. The van der Waals surface area contributed by atoms with E-state index in [1.165, 1.54) is 12.1 Å². The van der Waals surface area contributed by atoms with Gasteiger partial charge >= 0.3 is 0 Å². The van der Waals surface area contributed by atoms with Crippen LogP contribution in [-0.2, 0) is 10.2 Å². The van der Waals surface area contributed by atoms with Crippen LogP contribution in [0.5, 0.6) is 0 Å². The number of benzene rings is 2. The molecule has 0 atom stereocenters. The fourth-order valence-electron chi connectivity index (χ4n) is 6.63. The molecular formula is C36H44FN7O3. The van der Waals surface area contributed by atoms with E-state index in [2.05, 4.69) is 20.9 Å². The summed E-state index contributed by atoms with van der Waals surface area (Å²) in [5.41, 5.74) is 4.18. The predicted molar refractivity (Wildman–Crippen MR) is 183 cm³/mol. The normalized spacial score (nSPS) is 18.9. The van der Waals surface area contributed by atoms with Crippen molar-refractivity contribution in [1.82, 2.24) is 25.2 Å². The SMILES string of the molecule is CNC(=O)c1cc(Nc2nc(-c3ccc4c(c3)N(C3CC(NCC(C)(C)O)C3)C(=O)C4(C)C)cc3ncn(C(C)C)c23)c(F)cc1C. The summed E-state index contributed by atoms with van der Waals surface area (Å²) in [5, 5.41) is 19.3. The highest BCUT2D eigenvalue weighted by Crippen LogP contribution is 2.47. The first-order chi connectivity index (χ1) is 22.1. The highest BCUT2D eigenvalue weighted by atomic mass is 19.1. The fraction of sp³-hybridized carbons (Fsp3) is 0.444. The number of fused-ring (bicyclic) bond motifs is 2. The van der Waals surface area contributed by atoms with Crippen LogP contribution >= 0.6 is 0 Å². The second-order valence-electron chi connectivity index (χ2n) is 14.4. The predicted octanol–water partition coefficient (Wildman–Crippen LogP) is 5.75. The molecule has 3 heterocycles. The number of nitrogens with zero attached hydrogens (tertiary/aromatic N) is 4. The molecular weight excluding hydrogens is 597 g/mol. The van der Waals surface area contributed by atoms with Crippen molar-refractivity contribution in [1.29, 1.82) is 0 Å². The Kier molecular flexibility index (Phi) is 8.12. The number of imidazole rings is 1. The van der Waals surface area contributed by atoms with E-state index in [4.69, 9.17) is 4.98 Å². The van der Waals surface area contributed by atoms with Gasteiger partial charge < -0.3 is 30.5 Å². The number of aryl methyl sites for hydroxylation is 1. The minimum atomic E-state index is -0.803. The number of rotatable bonds is 9. The number of halogens is 1. The topological polar surface area (TPSA) is 124 Å². The number of hydrogen-bond donors (Lipinski definition) is 4. The standard InChI is InChI=1S/C36H44FN7O3/c1-19(2)43-18-40-29-16-27(41-32(31(29)43)42-28-15-24(33(45)38-8)20(3)11-26(28)37)21-9-10-25-30(12-21)44(34(46)36(25,6)7)23-13-22(14-23)39-17-35(4,5)47/h9-12,15-16,18-19,22-23,39,47H,13-14,17H2,1-8H3,(H,38,45)(H,41,42). The highest BCUT2D eigenvalue weighted by molar-refractivity contribution is 6.09. The molecule has 47 heavy (non-hydrogen) atoms. The van der Waals surface area contributed by atoms with Crippen molar-refractivity contribution in [2.75, 3.05) is 23.8 Å². The molecule has 0 radical (unpaired) electrons. The van der Waals surface area contributed by atoms with Crippen molar-refractivity contribution in [3.8, 4) is 11.3 Å². The van der Waals surface area contributed by atoms with Crippen molar-refractivity contribution in [2.24, 2.45) is 0 Å². The molecule has 248 valence electrons. The van der Waals surface area contributed by atoms with Crippen LogP contribution in [0.3, 0.4) is 0 Å². The van der Waals surface area contributed by atoms with Gasteiger partial charge in [-0.2, -0.15) is 0 Å². The van der Waals surface area contributed by atoms with Crippen LogP contribution < -0.4 is 20.9 Å². The second kappa shape index (κ2) is 11.7. The van der Waals surface area contributed by atoms with E-state index in [9.17, 15) is 14.7 Å². The van der Waals surface area contributed by atoms with E-state index in [1.54, 1.807) is 34.1 Å². The van der Waals surface area contributed by atoms with E-state index < -0.39 is 16.8 Å². The third-order valence-electron chi connectivity index (χ3n) is 9.43. The van der Waals surface area contributed by atoms with Crippen LogP contribution in [0.1, 0.15) is 81.9 Å². The number of aromatic nitrogens is 3. The summed E-state index contributed by atoms with van der Waals surface area (Å²) in [6.45, 7) is 13.7. The van der Waals surface area contributed by atoms with Gasteiger partial charge in [-0.15, -0.1) is 0 Å². The smallest absolute Gasteiger partial charge is 0.251 e. The largest absolute Gasteiger partial charge is 0.389 e. The summed E-state index contributed by atoms with van der Waals surface area (Å²) < 4.78 is 17.3. The van der Waals surface area contributed by atoms with Crippen molar-refractivity contribution in [3.63, 3.8) is 0 Å².